The highest BCUT2D eigenvalue weighted by Crippen LogP contribution is 2.52. The standard InChI is InChI=1S/C63H50N2/c1-63(2)57-21-9-8-20-51(57)52-31-28-48(38-58(52)63)62-54-33-30-49(64-34-12-18-42-16-6-10-22-59(42)64)39-55(54)61(47-27-26-45-36-44(24-25-46(45)37-47)41-14-4-3-5-15-41)53-32-29-50(40-56(53)62)65-35-13-19-43-17-7-11-23-60(43)65/h3-11,14-17,20-33,36-40H,12-13,18-19,34-35H2,1-2H3. The van der Waals surface area contributed by atoms with Crippen molar-refractivity contribution >= 4 is 55.1 Å². The number of benzene rings is 10. The minimum atomic E-state index is -0.115. The van der Waals surface area contributed by atoms with Gasteiger partial charge < -0.3 is 9.80 Å². The van der Waals surface area contributed by atoms with Gasteiger partial charge in [0.25, 0.3) is 0 Å². The van der Waals surface area contributed by atoms with E-state index in [1.54, 1.807) is 0 Å². The second-order valence-corrected chi connectivity index (χ2v) is 19.1. The maximum Gasteiger partial charge on any atom is 0.0443 e. The predicted octanol–water partition coefficient (Wildman–Crippen LogP) is 16.6. The Morgan fingerprint density at radius 1 is 0.369 bits per heavy atom. The molecule has 0 aromatic heterocycles. The highest BCUT2D eigenvalue weighted by atomic mass is 15.1. The van der Waals surface area contributed by atoms with E-state index in [2.05, 4.69) is 218 Å². The Labute approximate surface area is 382 Å². The molecule has 10 aromatic rings. The Balaban J connectivity index is 1.10. The van der Waals surface area contributed by atoms with Crippen molar-refractivity contribution in [1.82, 2.24) is 0 Å². The van der Waals surface area contributed by atoms with Crippen LogP contribution in [-0.2, 0) is 18.3 Å². The Hall–Kier alpha value is -7.42. The summed E-state index contributed by atoms with van der Waals surface area (Å²) in [5.41, 5.74) is 21.0. The summed E-state index contributed by atoms with van der Waals surface area (Å²) in [6.45, 7) is 6.80. The summed E-state index contributed by atoms with van der Waals surface area (Å²) < 4.78 is 0. The van der Waals surface area contributed by atoms with Gasteiger partial charge in [-0.3, -0.25) is 0 Å². The van der Waals surface area contributed by atoms with Crippen molar-refractivity contribution in [1.29, 1.82) is 0 Å². The van der Waals surface area contributed by atoms with Gasteiger partial charge >= 0.3 is 0 Å². The van der Waals surface area contributed by atoms with E-state index in [1.165, 1.54) is 122 Å². The van der Waals surface area contributed by atoms with Crippen LogP contribution in [0.25, 0.3) is 76.8 Å². The molecule has 2 aliphatic heterocycles. The van der Waals surface area contributed by atoms with Crippen LogP contribution in [-0.4, -0.2) is 13.1 Å². The minimum absolute atomic E-state index is 0.115. The topological polar surface area (TPSA) is 6.48 Å². The molecule has 65 heavy (non-hydrogen) atoms. The third-order valence-electron chi connectivity index (χ3n) is 15.0. The van der Waals surface area contributed by atoms with Gasteiger partial charge in [-0.15, -0.1) is 0 Å². The first-order chi connectivity index (χ1) is 32.0. The Morgan fingerprint density at radius 2 is 0.877 bits per heavy atom. The Morgan fingerprint density at radius 3 is 1.52 bits per heavy atom. The Bertz CT molecular complexity index is 3540. The lowest BCUT2D eigenvalue weighted by molar-refractivity contribution is 0.660. The van der Waals surface area contributed by atoms with Crippen LogP contribution in [0, 0.1) is 0 Å². The summed E-state index contributed by atoms with van der Waals surface area (Å²) in [5, 5.41) is 7.63. The molecule has 0 saturated carbocycles. The molecule has 1 aliphatic carbocycles. The second kappa shape index (κ2) is 14.8. The zero-order valence-corrected chi connectivity index (χ0v) is 37.1. The van der Waals surface area contributed by atoms with Crippen molar-refractivity contribution in [3.63, 3.8) is 0 Å². The SMILES string of the molecule is CC1(C)c2ccccc2-c2ccc(-c3c4ccc(N5CCCc6ccccc65)cc4c(-c4ccc5cc(-c6ccccc6)ccc5c4)c4ccc(N5CCCc6ccccc65)cc34)cc21. The highest BCUT2D eigenvalue weighted by molar-refractivity contribution is 6.23. The van der Waals surface area contributed by atoms with E-state index in [0.717, 1.165) is 38.8 Å². The van der Waals surface area contributed by atoms with Gasteiger partial charge in [0.2, 0.25) is 0 Å². The van der Waals surface area contributed by atoms with E-state index in [4.69, 9.17) is 0 Å². The van der Waals surface area contributed by atoms with Crippen LogP contribution in [0.1, 0.15) is 48.9 Å². The van der Waals surface area contributed by atoms with E-state index in [9.17, 15) is 0 Å². The number of rotatable bonds is 5. The number of hydrogen-bond donors (Lipinski definition) is 0. The number of nitrogens with zero attached hydrogens (tertiary/aromatic N) is 2. The largest absolute Gasteiger partial charge is 0.341 e. The molecule has 13 rings (SSSR count). The van der Waals surface area contributed by atoms with Crippen molar-refractivity contribution in [2.45, 2.75) is 44.9 Å². The molecule has 0 N–H and O–H groups in total. The molecule has 0 fully saturated rings. The van der Waals surface area contributed by atoms with Crippen LogP contribution in [0.2, 0.25) is 0 Å². The molecule has 0 radical (unpaired) electrons. The molecule has 3 aliphatic rings. The third kappa shape index (κ3) is 6.07. The first-order valence-corrected chi connectivity index (χ1v) is 23.6. The molecule has 0 unspecified atom stereocenters. The fourth-order valence-electron chi connectivity index (χ4n) is 11.8. The summed E-state index contributed by atoms with van der Waals surface area (Å²) in [6.07, 6.45) is 4.50. The Kier molecular flexibility index (Phi) is 8.68. The quantitative estimate of drug-likeness (QED) is 0.159. The summed E-state index contributed by atoms with van der Waals surface area (Å²) in [7, 11) is 0. The normalized spacial score (nSPS) is 14.9. The predicted molar refractivity (Wildman–Crippen MR) is 276 cm³/mol. The van der Waals surface area contributed by atoms with Crippen molar-refractivity contribution in [3.05, 3.63) is 216 Å². The second-order valence-electron chi connectivity index (χ2n) is 19.1. The summed E-state index contributed by atoms with van der Waals surface area (Å²) in [6, 6.07) is 73.9. The van der Waals surface area contributed by atoms with Crippen molar-refractivity contribution in [3.8, 4) is 44.5 Å². The van der Waals surface area contributed by atoms with Crippen LogP contribution in [0.3, 0.4) is 0 Å². The lowest BCUT2D eigenvalue weighted by Crippen LogP contribution is -2.24. The van der Waals surface area contributed by atoms with Crippen LogP contribution in [0.5, 0.6) is 0 Å². The zero-order chi connectivity index (χ0) is 43.2. The van der Waals surface area contributed by atoms with E-state index in [-0.39, 0.29) is 5.41 Å². The van der Waals surface area contributed by atoms with E-state index in [1.807, 2.05) is 0 Å². The molecule has 0 bridgehead atoms. The summed E-state index contributed by atoms with van der Waals surface area (Å²) in [5.74, 6) is 0. The van der Waals surface area contributed by atoms with Crippen molar-refractivity contribution in [2.24, 2.45) is 0 Å². The number of anilines is 4. The van der Waals surface area contributed by atoms with Gasteiger partial charge in [-0.1, -0.05) is 153 Å². The average Bonchev–Trinajstić information content (AvgIpc) is 3.59. The molecule has 312 valence electrons. The summed E-state index contributed by atoms with van der Waals surface area (Å²) in [4.78, 5) is 5.12. The number of fused-ring (bicyclic) bond motifs is 8. The first kappa shape index (κ1) is 38.1. The minimum Gasteiger partial charge on any atom is -0.341 e. The van der Waals surface area contributed by atoms with Crippen LogP contribution in [0.4, 0.5) is 22.7 Å². The maximum absolute atomic E-state index is 2.56. The van der Waals surface area contributed by atoms with Gasteiger partial charge in [0.1, 0.15) is 0 Å². The number of aryl methyl sites for hydroxylation is 2. The smallest absolute Gasteiger partial charge is 0.0443 e. The van der Waals surface area contributed by atoms with Crippen LogP contribution < -0.4 is 9.80 Å². The lowest BCUT2D eigenvalue weighted by atomic mass is 9.80. The molecule has 2 nitrogen and oxygen atoms in total. The number of hydrogen-bond acceptors (Lipinski definition) is 2. The first-order valence-electron chi connectivity index (χ1n) is 23.6. The van der Waals surface area contributed by atoms with Gasteiger partial charge in [0, 0.05) is 41.3 Å². The molecule has 0 atom stereocenters. The monoisotopic (exact) mass is 834 g/mol. The molecule has 0 amide bonds. The summed E-state index contributed by atoms with van der Waals surface area (Å²) >= 11 is 0. The van der Waals surface area contributed by atoms with Crippen molar-refractivity contribution in [2.75, 3.05) is 22.9 Å². The van der Waals surface area contributed by atoms with Gasteiger partial charge in [0.05, 0.1) is 0 Å². The fourth-order valence-corrected chi connectivity index (χ4v) is 11.8. The van der Waals surface area contributed by atoms with E-state index < -0.39 is 0 Å². The van der Waals surface area contributed by atoms with Crippen molar-refractivity contribution < 1.29 is 0 Å². The average molecular weight is 835 g/mol. The fraction of sp³-hybridized carbons (Fsp3) is 0.143. The number of para-hydroxylation sites is 2. The van der Waals surface area contributed by atoms with Gasteiger partial charge in [-0.2, -0.15) is 0 Å². The van der Waals surface area contributed by atoms with Gasteiger partial charge in [-0.25, -0.2) is 0 Å². The third-order valence-corrected chi connectivity index (χ3v) is 15.0. The van der Waals surface area contributed by atoms with Crippen LogP contribution >= 0.6 is 0 Å². The molecule has 2 heterocycles. The maximum atomic E-state index is 2.56. The van der Waals surface area contributed by atoms with Gasteiger partial charge in [-0.05, 0) is 179 Å². The highest BCUT2D eigenvalue weighted by Gasteiger charge is 2.36. The van der Waals surface area contributed by atoms with E-state index >= 15 is 0 Å². The lowest BCUT2D eigenvalue weighted by Gasteiger charge is -2.32. The molecule has 2 heteroatoms. The zero-order valence-electron chi connectivity index (χ0n) is 37.1. The molecular formula is C63H50N2. The van der Waals surface area contributed by atoms with Crippen LogP contribution in [0.15, 0.2) is 194 Å². The van der Waals surface area contributed by atoms with Gasteiger partial charge in [0.15, 0.2) is 0 Å². The van der Waals surface area contributed by atoms with E-state index in [0.29, 0.717) is 0 Å². The molecular weight excluding hydrogens is 785 g/mol. The molecule has 0 spiro atoms. The molecule has 0 saturated heterocycles. The molecule has 10 aromatic carbocycles.